The molecule has 0 aliphatic heterocycles. The lowest BCUT2D eigenvalue weighted by atomic mass is 10.3. The number of nitrogens with zero attached hydrogens (tertiary/aromatic N) is 1. The highest BCUT2D eigenvalue weighted by molar-refractivity contribution is 5.23. The maximum Gasteiger partial charge on any atom is 0.162 e. The quantitative estimate of drug-likeness (QED) is 0.811. The fraction of sp³-hybridized carbons (Fsp3) is 0.286. The van der Waals surface area contributed by atoms with Gasteiger partial charge in [-0.05, 0) is 38.1 Å². The van der Waals surface area contributed by atoms with Crippen LogP contribution in [0, 0.1) is 25.5 Å². The first-order valence-electron chi connectivity index (χ1n) is 5.78. The molecule has 0 aliphatic carbocycles. The van der Waals surface area contributed by atoms with E-state index in [2.05, 4.69) is 4.57 Å². The molecular formula is C14H15F2NO. The Morgan fingerprint density at radius 2 is 1.67 bits per heavy atom. The minimum atomic E-state index is -0.888. The number of hydrogen-bond acceptors (Lipinski definition) is 1. The van der Waals surface area contributed by atoms with Crippen LogP contribution in [-0.2, 0) is 6.54 Å². The maximum absolute atomic E-state index is 12.9. The van der Waals surface area contributed by atoms with Crippen molar-refractivity contribution in [2.45, 2.75) is 20.4 Å². The van der Waals surface area contributed by atoms with Crippen LogP contribution < -0.4 is 4.74 Å². The van der Waals surface area contributed by atoms with Crippen molar-refractivity contribution >= 4 is 0 Å². The first-order chi connectivity index (χ1) is 8.58. The third-order valence-corrected chi connectivity index (χ3v) is 2.89. The number of rotatable bonds is 4. The molecule has 0 spiro atoms. The van der Waals surface area contributed by atoms with E-state index >= 15 is 0 Å². The van der Waals surface area contributed by atoms with Crippen LogP contribution in [0.1, 0.15) is 11.4 Å². The third-order valence-electron chi connectivity index (χ3n) is 2.89. The second-order valence-electron chi connectivity index (χ2n) is 4.19. The highest BCUT2D eigenvalue weighted by Gasteiger charge is 2.04. The molecule has 0 unspecified atom stereocenters. The molecule has 0 amide bonds. The Bertz CT molecular complexity index is 529. The molecule has 0 radical (unpaired) electrons. The summed E-state index contributed by atoms with van der Waals surface area (Å²) in [6.45, 7) is 5.14. The second kappa shape index (κ2) is 5.21. The highest BCUT2D eigenvalue weighted by atomic mass is 19.2. The predicted octanol–water partition coefficient (Wildman–Crippen LogP) is 3.46. The van der Waals surface area contributed by atoms with Crippen molar-refractivity contribution in [1.82, 2.24) is 4.57 Å². The average molecular weight is 251 g/mol. The summed E-state index contributed by atoms with van der Waals surface area (Å²) >= 11 is 0. The van der Waals surface area contributed by atoms with E-state index in [1.807, 2.05) is 26.0 Å². The summed E-state index contributed by atoms with van der Waals surface area (Å²) in [4.78, 5) is 0. The monoisotopic (exact) mass is 251 g/mol. The third kappa shape index (κ3) is 2.70. The number of aromatic nitrogens is 1. The van der Waals surface area contributed by atoms with E-state index < -0.39 is 11.6 Å². The van der Waals surface area contributed by atoms with Crippen LogP contribution in [0.2, 0.25) is 0 Å². The van der Waals surface area contributed by atoms with Gasteiger partial charge in [-0.2, -0.15) is 0 Å². The van der Waals surface area contributed by atoms with Gasteiger partial charge in [-0.25, -0.2) is 8.78 Å². The molecule has 1 aromatic heterocycles. The van der Waals surface area contributed by atoms with Crippen molar-refractivity contribution in [3.05, 3.63) is 53.4 Å². The smallest absolute Gasteiger partial charge is 0.162 e. The summed E-state index contributed by atoms with van der Waals surface area (Å²) in [5.74, 6) is -1.41. The Labute approximate surface area is 105 Å². The number of benzene rings is 1. The number of halogens is 2. The maximum atomic E-state index is 12.9. The van der Waals surface area contributed by atoms with Crippen LogP contribution in [0.25, 0.3) is 0 Å². The SMILES string of the molecule is Cc1ccc(C)n1CCOc1ccc(F)c(F)c1. The topological polar surface area (TPSA) is 14.2 Å². The number of aryl methyl sites for hydroxylation is 2. The lowest BCUT2D eigenvalue weighted by Crippen LogP contribution is -2.10. The zero-order chi connectivity index (χ0) is 13.1. The summed E-state index contributed by atoms with van der Waals surface area (Å²) in [6, 6.07) is 7.62. The Kier molecular flexibility index (Phi) is 3.65. The predicted molar refractivity (Wildman–Crippen MR) is 65.8 cm³/mol. The van der Waals surface area contributed by atoms with Gasteiger partial charge in [-0.3, -0.25) is 0 Å². The molecule has 0 atom stereocenters. The molecule has 0 aliphatic rings. The van der Waals surface area contributed by atoms with E-state index in [1.54, 1.807) is 0 Å². The fourth-order valence-corrected chi connectivity index (χ4v) is 1.87. The standard InChI is InChI=1S/C14H15F2NO/c1-10-3-4-11(2)17(10)7-8-18-12-5-6-13(15)14(16)9-12/h3-6,9H,7-8H2,1-2H3. The van der Waals surface area contributed by atoms with E-state index in [0.29, 0.717) is 18.9 Å². The molecule has 18 heavy (non-hydrogen) atoms. The van der Waals surface area contributed by atoms with Crippen molar-refractivity contribution in [2.24, 2.45) is 0 Å². The zero-order valence-electron chi connectivity index (χ0n) is 10.4. The van der Waals surface area contributed by atoms with E-state index in [0.717, 1.165) is 23.5 Å². The number of hydrogen-bond donors (Lipinski definition) is 0. The largest absolute Gasteiger partial charge is 0.492 e. The van der Waals surface area contributed by atoms with Crippen molar-refractivity contribution in [2.75, 3.05) is 6.61 Å². The van der Waals surface area contributed by atoms with Crippen LogP contribution in [0.15, 0.2) is 30.3 Å². The van der Waals surface area contributed by atoms with Crippen LogP contribution in [0.5, 0.6) is 5.75 Å². The molecule has 2 nitrogen and oxygen atoms in total. The minimum Gasteiger partial charge on any atom is -0.492 e. The Morgan fingerprint density at radius 1 is 1.00 bits per heavy atom. The van der Waals surface area contributed by atoms with Gasteiger partial charge in [0.1, 0.15) is 12.4 Å². The first kappa shape index (κ1) is 12.6. The summed E-state index contributed by atoms with van der Waals surface area (Å²) in [6.07, 6.45) is 0. The zero-order valence-corrected chi connectivity index (χ0v) is 10.4. The molecule has 0 N–H and O–H groups in total. The molecule has 0 saturated carbocycles. The van der Waals surface area contributed by atoms with Gasteiger partial charge < -0.3 is 9.30 Å². The van der Waals surface area contributed by atoms with Crippen LogP contribution >= 0.6 is 0 Å². The molecule has 0 fully saturated rings. The van der Waals surface area contributed by atoms with E-state index in [1.165, 1.54) is 6.07 Å². The summed E-state index contributed by atoms with van der Waals surface area (Å²) in [7, 11) is 0. The van der Waals surface area contributed by atoms with Crippen molar-refractivity contribution in [3.63, 3.8) is 0 Å². The summed E-state index contributed by atoms with van der Waals surface area (Å²) in [5, 5.41) is 0. The Hall–Kier alpha value is -1.84. The lowest BCUT2D eigenvalue weighted by Gasteiger charge is -2.11. The van der Waals surface area contributed by atoms with Gasteiger partial charge in [0.25, 0.3) is 0 Å². The molecular weight excluding hydrogens is 236 g/mol. The molecule has 4 heteroatoms. The molecule has 0 bridgehead atoms. The summed E-state index contributed by atoms with van der Waals surface area (Å²) < 4.78 is 33.2. The van der Waals surface area contributed by atoms with Crippen LogP contribution in [0.4, 0.5) is 8.78 Å². The van der Waals surface area contributed by atoms with Gasteiger partial charge in [0.05, 0.1) is 6.54 Å². The molecule has 2 rings (SSSR count). The fourth-order valence-electron chi connectivity index (χ4n) is 1.87. The van der Waals surface area contributed by atoms with E-state index in [-0.39, 0.29) is 0 Å². The van der Waals surface area contributed by atoms with Crippen LogP contribution in [0.3, 0.4) is 0 Å². The molecule has 0 saturated heterocycles. The molecule has 1 aromatic carbocycles. The van der Waals surface area contributed by atoms with Crippen molar-refractivity contribution in [1.29, 1.82) is 0 Å². The van der Waals surface area contributed by atoms with Crippen molar-refractivity contribution < 1.29 is 13.5 Å². The van der Waals surface area contributed by atoms with Gasteiger partial charge in [0, 0.05) is 17.5 Å². The summed E-state index contributed by atoms with van der Waals surface area (Å²) in [5.41, 5.74) is 2.31. The highest BCUT2D eigenvalue weighted by Crippen LogP contribution is 2.15. The van der Waals surface area contributed by atoms with Gasteiger partial charge in [0.2, 0.25) is 0 Å². The molecule has 1 heterocycles. The van der Waals surface area contributed by atoms with Gasteiger partial charge in [0.15, 0.2) is 11.6 Å². The minimum absolute atomic E-state index is 0.344. The van der Waals surface area contributed by atoms with Gasteiger partial charge >= 0.3 is 0 Å². The van der Waals surface area contributed by atoms with Crippen LogP contribution in [-0.4, -0.2) is 11.2 Å². The Balaban J connectivity index is 1.94. The van der Waals surface area contributed by atoms with E-state index in [9.17, 15) is 8.78 Å². The molecule has 2 aromatic rings. The average Bonchev–Trinajstić information content (AvgIpc) is 2.65. The lowest BCUT2D eigenvalue weighted by molar-refractivity contribution is 0.294. The first-order valence-corrected chi connectivity index (χ1v) is 5.78. The van der Waals surface area contributed by atoms with Gasteiger partial charge in [-0.15, -0.1) is 0 Å². The molecule has 96 valence electrons. The van der Waals surface area contributed by atoms with Crippen molar-refractivity contribution in [3.8, 4) is 5.75 Å². The normalized spacial score (nSPS) is 10.7. The number of ether oxygens (including phenoxy) is 1. The second-order valence-corrected chi connectivity index (χ2v) is 4.19. The van der Waals surface area contributed by atoms with E-state index in [4.69, 9.17) is 4.74 Å². The Morgan fingerprint density at radius 3 is 2.28 bits per heavy atom. The van der Waals surface area contributed by atoms with Gasteiger partial charge in [-0.1, -0.05) is 0 Å².